The van der Waals surface area contributed by atoms with Crippen molar-refractivity contribution in [1.29, 1.82) is 0 Å². The van der Waals surface area contributed by atoms with E-state index in [1.807, 2.05) is 54.9 Å². The molecule has 0 aliphatic heterocycles. The first-order valence-corrected chi connectivity index (χ1v) is 8.89. The highest BCUT2D eigenvalue weighted by molar-refractivity contribution is 5.93. The van der Waals surface area contributed by atoms with Crippen molar-refractivity contribution in [2.75, 3.05) is 5.32 Å². The lowest BCUT2D eigenvalue weighted by molar-refractivity contribution is -0.120. The van der Waals surface area contributed by atoms with Crippen LogP contribution in [0.15, 0.2) is 48.8 Å². The molecule has 0 saturated carbocycles. The molecule has 1 aromatic carbocycles. The maximum Gasteiger partial charge on any atom is 0.226 e. The zero-order chi connectivity index (χ0) is 19.4. The second-order valence-corrected chi connectivity index (χ2v) is 6.74. The van der Waals surface area contributed by atoms with E-state index >= 15 is 0 Å². The fraction of sp³-hybridized carbons (Fsp3) is 0.300. The zero-order valence-electron chi connectivity index (χ0n) is 15.6. The van der Waals surface area contributed by atoms with Crippen molar-refractivity contribution < 1.29 is 9.59 Å². The molecular weight excluding hydrogens is 342 g/mol. The van der Waals surface area contributed by atoms with Gasteiger partial charge >= 0.3 is 0 Å². The topological polar surface area (TPSA) is 88.9 Å². The van der Waals surface area contributed by atoms with Gasteiger partial charge < -0.3 is 10.6 Å². The molecule has 0 bridgehead atoms. The lowest BCUT2D eigenvalue weighted by Crippen LogP contribution is -2.29. The van der Waals surface area contributed by atoms with Crippen LogP contribution >= 0.6 is 0 Å². The van der Waals surface area contributed by atoms with Crippen molar-refractivity contribution in [3.05, 3.63) is 54.4 Å². The van der Waals surface area contributed by atoms with Crippen LogP contribution in [0.4, 0.5) is 5.69 Å². The van der Waals surface area contributed by atoms with E-state index < -0.39 is 0 Å². The number of aromatic nitrogens is 3. The molecule has 2 heterocycles. The molecule has 1 atom stereocenters. The molecule has 0 aliphatic rings. The lowest BCUT2D eigenvalue weighted by atomic mass is 10.0. The first-order chi connectivity index (χ1) is 12.9. The predicted molar refractivity (Wildman–Crippen MR) is 104 cm³/mol. The van der Waals surface area contributed by atoms with Gasteiger partial charge in [-0.15, -0.1) is 0 Å². The van der Waals surface area contributed by atoms with Crippen LogP contribution in [-0.4, -0.2) is 26.6 Å². The summed E-state index contributed by atoms with van der Waals surface area (Å²) in [5.41, 5.74) is 2.27. The Bertz CT molecular complexity index is 949. The second kappa shape index (κ2) is 7.99. The number of benzene rings is 1. The number of anilines is 1. The smallest absolute Gasteiger partial charge is 0.226 e. The minimum Gasteiger partial charge on any atom is -0.349 e. The van der Waals surface area contributed by atoms with Gasteiger partial charge in [0.2, 0.25) is 11.8 Å². The summed E-state index contributed by atoms with van der Waals surface area (Å²) in [6.07, 6.45) is 3.49. The fourth-order valence-corrected chi connectivity index (χ4v) is 2.97. The van der Waals surface area contributed by atoms with Crippen LogP contribution in [0.1, 0.15) is 44.8 Å². The van der Waals surface area contributed by atoms with Crippen LogP contribution in [0, 0.1) is 0 Å². The molecular formula is C20H23N5O2. The van der Waals surface area contributed by atoms with Crippen LogP contribution in [-0.2, 0) is 9.59 Å². The Balaban J connectivity index is 1.73. The van der Waals surface area contributed by atoms with Gasteiger partial charge in [0.05, 0.1) is 30.5 Å². The van der Waals surface area contributed by atoms with Crippen molar-refractivity contribution in [2.45, 2.75) is 39.3 Å². The van der Waals surface area contributed by atoms with Gasteiger partial charge in [0, 0.05) is 18.4 Å². The van der Waals surface area contributed by atoms with Gasteiger partial charge in [-0.25, -0.2) is 9.67 Å². The van der Waals surface area contributed by atoms with Crippen LogP contribution in [0.3, 0.4) is 0 Å². The molecule has 0 aliphatic carbocycles. The van der Waals surface area contributed by atoms with Crippen molar-refractivity contribution in [3.8, 4) is 0 Å². The van der Waals surface area contributed by atoms with Crippen LogP contribution < -0.4 is 10.6 Å². The molecule has 3 rings (SSSR count). The summed E-state index contributed by atoms with van der Waals surface area (Å²) in [5.74, 6) is -0.379. The van der Waals surface area contributed by atoms with E-state index in [0.29, 0.717) is 5.69 Å². The van der Waals surface area contributed by atoms with Crippen molar-refractivity contribution >= 4 is 28.5 Å². The van der Waals surface area contributed by atoms with Gasteiger partial charge in [-0.05, 0) is 25.5 Å². The molecule has 140 valence electrons. The van der Waals surface area contributed by atoms with E-state index in [1.165, 1.54) is 6.92 Å². The van der Waals surface area contributed by atoms with E-state index in [4.69, 9.17) is 0 Å². The normalized spacial score (nSPS) is 12.1. The number of hydrogen-bond acceptors (Lipinski definition) is 4. The number of pyridine rings is 1. The number of carbonyl (C=O) groups excluding carboxylic acids is 2. The van der Waals surface area contributed by atoms with E-state index in [1.54, 1.807) is 12.4 Å². The standard InChI is InChI=1S/C20H23N5O2/c1-13(2)25-20-16(11-22-25)9-17(12-21-20)24-19(27)10-18(23-14(3)26)15-7-5-4-6-8-15/h4-9,11-13,18H,10H2,1-3H3,(H,23,26)(H,24,27). The first kappa shape index (κ1) is 18.6. The Hall–Kier alpha value is -3.22. The maximum atomic E-state index is 12.5. The van der Waals surface area contributed by atoms with Gasteiger partial charge in [-0.1, -0.05) is 30.3 Å². The molecule has 2 aromatic heterocycles. The Labute approximate surface area is 157 Å². The van der Waals surface area contributed by atoms with Crippen molar-refractivity contribution in [2.24, 2.45) is 0 Å². The van der Waals surface area contributed by atoms with Crippen molar-refractivity contribution in [1.82, 2.24) is 20.1 Å². The zero-order valence-corrected chi connectivity index (χ0v) is 15.6. The molecule has 0 fully saturated rings. The Morgan fingerprint density at radius 3 is 2.56 bits per heavy atom. The number of nitrogens with one attached hydrogen (secondary N) is 2. The average molecular weight is 365 g/mol. The minimum absolute atomic E-state index is 0.132. The number of amides is 2. The summed E-state index contributed by atoms with van der Waals surface area (Å²) in [6.45, 7) is 5.52. The molecule has 7 nitrogen and oxygen atoms in total. The summed E-state index contributed by atoms with van der Waals surface area (Å²) >= 11 is 0. The summed E-state index contributed by atoms with van der Waals surface area (Å²) in [6, 6.07) is 11.1. The maximum absolute atomic E-state index is 12.5. The van der Waals surface area contributed by atoms with E-state index in [2.05, 4.69) is 20.7 Å². The van der Waals surface area contributed by atoms with Crippen LogP contribution in [0.5, 0.6) is 0 Å². The molecule has 7 heteroatoms. The Morgan fingerprint density at radius 1 is 1.15 bits per heavy atom. The number of rotatable bonds is 6. The van der Waals surface area contributed by atoms with E-state index in [-0.39, 0.29) is 30.3 Å². The highest BCUT2D eigenvalue weighted by Crippen LogP contribution is 2.21. The largest absolute Gasteiger partial charge is 0.349 e. The average Bonchev–Trinajstić information content (AvgIpc) is 3.05. The summed E-state index contributed by atoms with van der Waals surface area (Å²) < 4.78 is 1.84. The van der Waals surface area contributed by atoms with Gasteiger partial charge in [0.1, 0.15) is 0 Å². The minimum atomic E-state index is -0.385. The number of nitrogens with zero attached hydrogens (tertiary/aromatic N) is 3. The van der Waals surface area contributed by atoms with E-state index in [9.17, 15) is 9.59 Å². The van der Waals surface area contributed by atoms with Crippen LogP contribution in [0.2, 0.25) is 0 Å². The van der Waals surface area contributed by atoms with Gasteiger partial charge in [0.15, 0.2) is 5.65 Å². The van der Waals surface area contributed by atoms with E-state index in [0.717, 1.165) is 16.6 Å². The highest BCUT2D eigenvalue weighted by atomic mass is 16.2. The highest BCUT2D eigenvalue weighted by Gasteiger charge is 2.17. The van der Waals surface area contributed by atoms with Gasteiger partial charge in [0.25, 0.3) is 0 Å². The van der Waals surface area contributed by atoms with Gasteiger partial charge in [-0.3, -0.25) is 9.59 Å². The number of carbonyl (C=O) groups is 2. The van der Waals surface area contributed by atoms with Gasteiger partial charge in [-0.2, -0.15) is 5.10 Å². The Morgan fingerprint density at radius 2 is 1.89 bits per heavy atom. The second-order valence-electron chi connectivity index (χ2n) is 6.74. The molecule has 1 unspecified atom stereocenters. The summed E-state index contributed by atoms with van der Waals surface area (Å²) in [4.78, 5) is 28.4. The SMILES string of the molecule is CC(=O)NC(CC(=O)Nc1cnc2c(cnn2C(C)C)c1)c1ccccc1. The van der Waals surface area contributed by atoms with Crippen molar-refractivity contribution in [3.63, 3.8) is 0 Å². The third kappa shape index (κ3) is 4.49. The first-order valence-electron chi connectivity index (χ1n) is 8.89. The molecule has 2 N–H and O–H groups in total. The quantitative estimate of drug-likeness (QED) is 0.702. The molecule has 2 amide bonds. The molecule has 0 radical (unpaired) electrons. The number of hydrogen-bond donors (Lipinski definition) is 2. The predicted octanol–water partition coefficient (Wildman–Crippen LogP) is 3.22. The monoisotopic (exact) mass is 365 g/mol. The molecule has 0 saturated heterocycles. The summed E-state index contributed by atoms with van der Waals surface area (Å²) in [5, 5.41) is 10.9. The molecule has 0 spiro atoms. The van der Waals surface area contributed by atoms with Crippen LogP contribution in [0.25, 0.3) is 11.0 Å². The Kier molecular flexibility index (Phi) is 5.49. The third-order valence-electron chi connectivity index (χ3n) is 4.18. The molecule has 27 heavy (non-hydrogen) atoms. The molecule has 3 aromatic rings. The lowest BCUT2D eigenvalue weighted by Gasteiger charge is -2.18. The summed E-state index contributed by atoms with van der Waals surface area (Å²) in [7, 11) is 0. The fourth-order valence-electron chi connectivity index (χ4n) is 2.97. The third-order valence-corrected chi connectivity index (χ3v) is 4.18. The number of fused-ring (bicyclic) bond motifs is 1.